The minimum absolute atomic E-state index is 0.0837. The van der Waals surface area contributed by atoms with Gasteiger partial charge in [-0.05, 0) is 25.1 Å². The first-order chi connectivity index (χ1) is 9.38. The van der Waals surface area contributed by atoms with E-state index in [4.69, 9.17) is 34.1 Å². The van der Waals surface area contributed by atoms with Crippen molar-refractivity contribution in [1.29, 1.82) is 0 Å². The SMILES string of the molecule is CCN(CC(C)C(N)=NO)C(=O)c1cc(Cl)cc(Cl)c1. The van der Waals surface area contributed by atoms with Crippen LogP contribution in [-0.2, 0) is 0 Å². The topological polar surface area (TPSA) is 78.9 Å². The zero-order valence-electron chi connectivity index (χ0n) is 11.3. The van der Waals surface area contributed by atoms with Crippen LogP contribution in [0.2, 0.25) is 10.0 Å². The Hall–Kier alpha value is -1.46. The van der Waals surface area contributed by atoms with Crippen LogP contribution < -0.4 is 5.73 Å². The van der Waals surface area contributed by atoms with Crippen molar-refractivity contribution in [2.75, 3.05) is 13.1 Å². The van der Waals surface area contributed by atoms with Gasteiger partial charge in [0.1, 0.15) is 5.84 Å². The molecule has 0 heterocycles. The van der Waals surface area contributed by atoms with E-state index in [0.29, 0.717) is 28.7 Å². The Morgan fingerprint density at radius 1 is 1.40 bits per heavy atom. The molecule has 0 aliphatic rings. The van der Waals surface area contributed by atoms with Crippen LogP contribution in [0.4, 0.5) is 0 Å². The van der Waals surface area contributed by atoms with Gasteiger partial charge in [-0.15, -0.1) is 0 Å². The van der Waals surface area contributed by atoms with Crippen molar-refractivity contribution in [3.05, 3.63) is 33.8 Å². The summed E-state index contributed by atoms with van der Waals surface area (Å²) < 4.78 is 0. The summed E-state index contributed by atoms with van der Waals surface area (Å²) in [5, 5.41) is 12.4. The van der Waals surface area contributed by atoms with Crippen LogP contribution in [0.5, 0.6) is 0 Å². The predicted molar refractivity (Wildman–Crippen MR) is 80.6 cm³/mol. The fourth-order valence-corrected chi connectivity index (χ4v) is 2.26. The Morgan fingerprint density at radius 3 is 2.40 bits per heavy atom. The molecule has 1 rings (SSSR count). The van der Waals surface area contributed by atoms with Crippen molar-refractivity contribution < 1.29 is 10.0 Å². The number of oxime groups is 1. The maximum Gasteiger partial charge on any atom is 0.253 e. The van der Waals surface area contributed by atoms with Gasteiger partial charge in [0, 0.05) is 34.6 Å². The van der Waals surface area contributed by atoms with E-state index in [1.54, 1.807) is 30.0 Å². The highest BCUT2D eigenvalue weighted by Crippen LogP contribution is 2.20. The Morgan fingerprint density at radius 2 is 1.95 bits per heavy atom. The van der Waals surface area contributed by atoms with Gasteiger partial charge in [0.15, 0.2) is 0 Å². The van der Waals surface area contributed by atoms with Gasteiger partial charge in [-0.25, -0.2) is 0 Å². The number of nitrogens with zero attached hydrogens (tertiary/aromatic N) is 2. The molecule has 1 aromatic carbocycles. The highest BCUT2D eigenvalue weighted by molar-refractivity contribution is 6.35. The van der Waals surface area contributed by atoms with Crippen molar-refractivity contribution in [3.8, 4) is 0 Å². The molecular weight excluding hydrogens is 301 g/mol. The molecular formula is C13H17Cl2N3O2. The molecule has 1 aromatic rings. The molecule has 0 aliphatic carbocycles. The van der Waals surface area contributed by atoms with Gasteiger partial charge in [-0.3, -0.25) is 4.79 Å². The highest BCUT2D eigenvalue weighted by atomic mass is 35.5. The lowest BCUT2D eigenvalue weighted by molar-refractivity contribution is 0.0754. The van der Waals surface area contributed by atoms with E-state index < -0.39 is 0 Å². The molecule has 0 radical (unpaired) electrons. The van der Waals surface area contributed by atoms with Crippen LogP contribution in [0.25, 0.3) is 0 Å². The number of halogens is 2. The number of carbonyl (C=O) groups is 1. The van der Waals surface area contributed by atoms with E-state index >= 15 is 0 Å². The Balaban J connectivity index is 2.92. The lowest BCUT2D eigenvalue weighted by atomic mass is 10.1. The van der Waals surface area contributed by atoms with E-state index in [-0.39, 0.29) is 17.7 Å². The summed E-state index contributed by atoms with van der Waals surface area (Å²) in [6, 6.07) is 4.69. The average Bonchev–Trinajstić information content (AvgIpc) is 2.41. The summed E-state index contributed by atoms with van der Waals surface area (Å²) in [5.41, 5.74) is 5.94. The maximum absolute atomic E-state index is 12.4. The largest absolute Gasteiger partial charge is 0.409 e. The minimum Gasteiger partial charge on any atom is -0.409 e. The zero-order valence-corrected chi connectivity index (χ0v) is 12.8. The van der Waals surface area contributed by atoms with Crippen LogP contribution >= 0.6 is 23.2 Å². The molecule has 0 aromatic heterocycles. The number of benzene rings is 1. The minimum atomic E-state index is -0.251. The summed E-state index contributed by atoms with van der Waals surface area (Å²) in [7, 11) is 0. The van der Waals surface area contributed by atoms with Crippen LogP contribution in [-0.4, -0.2) is 34.9 Å². The molecule has 0 fully saturated rings. The van der Waals surface area contributed by atoms with Crippen LogP contribution in [0.15, 0.2) is 23.4 Å². The Bertz CT molecular complexity index is 500. The van der Waals surface area contributed by atoms with Crippen LogP contribution in [0, 0.1) is 5.92 Å². The molecule has 0 saturated carbocycles. The Kier molecular flexibility index (Phi) is 6.10. The lowest BCUT2D eigenvalue weighted by Gasteiger charge is -2.24. The smallest absolute Gasteiger partial charge is 0.253 e. The third-order valence-corrected chi connectivity index (χ3v) is 3.33. The molecule has 5 nitrogen and oxygen atoms in total. The third kappa shape index (κ3) is 4.28. The normalized spacial score (nSPS) is 13.1. The van der Waals surface area contributed by atoms with Crippen molar-refractivity contribution >= 4 is 34.9 Å². The van der Waals surface area contributed by atoms with Crippen LogP contribution in [0.1, 0.15) is 24.2 Å². The number of hydrogen-bond acceptors (Lipinski definition) is 3. The van der Waals surface area contributed by atoms with Gasteiger partial charge in [0.05, 0.1) is 0 Å². The second kappa shape index (κ2) is 7.36. The lowest BCUT2D eigenvalue weighted by Crippen LogP contribution is -2.38. The highest BCUT2D eigenvalue weighted by Gasteiger charge is 2.19. The summed E-state index contributed by atoms with van der Waals surface area (Å²) in [5.74, 6) is -0.367. The summed E-state index contributed by atoms with van der Waals surface area (Å²) >= 11 is 11.8. The molecule has 0 spiro atoms. The van der Waals surface area contributed by atoms with Gasteiger partial charge in [0.2, 0.25) is 0 Å². The van der Waals surface area contributed by atoms with Crippen LogP contribution in [0.3, 0.4) is 0 Å². The summed E-state index contributed by atoms with van der Waals surface area (Å²) in [6.07, 6.45) is 0. The predicted octanol–water partition coefficient (Wildman–Crippen LogP) is 2.84. The van der Waals surface area contributed by atoms with Gasteiger partial charge in [-0.2, -0.15) is 0 Å². The zero-order chi connectivity index (χ0) is 15.3. The van der Waals surface area contributed by atoms with Gasteiger partial charge >= 0.3 is 0 Å². The first kappa shape index (κ1) is 16.6. The standard InChI is InChI=1S/C13H17Cl2N3O2/c1-3-18(7-8(2)12(16)17-20)13(19)9-4-10(14)6-11(15)5-9/h4-6,8,20H,3,7H2,1-2H3,(H2,16,17). The molecule has 0 saturated heterocycles. The van der Waals surface area contributed by atoms with Gasteiger partial charge < -0.3 is 15.8 Å². The van der Waals surface area contributed by atoms with Gasteiger partial charge in [0.25, 0.3) is 5.91 Å². The number of hydrogen-bond donors (Lipinski definition) is 2. The Labute approximate surface area is 127 Å². The van der Waals surface area contributed by atoms with E-state index in [0.717, 1.165) is 0 Å². The van der Waals surface area contributed by atoms with Crippen molar-refractivity contribution in [2.24, 2.45) is 16.8 Å². The first-order valence-corrected chi connectivity index (χ1v) is 6.87. The molecule has 0 bridgehead atoms. The van der Waals surface area contributed by atoms with E-state index in [9.17, 15) is 4.79 Å². The second-order valence-electron chi connectivity index (χ2n) is 4.43. The summed E-state index contributed by atoms with van der Waals surface area (Å²) in [6.45, 7) is 4.46. The van der Waals surface area contributed by atoms with E-state index in [2.05, 4.69) is 5.16 Å². The van der Waals surface area contributed by atoms with Crippen molar-refractivity contribution in [1.82, 2.24) is 4.90 Å². The number of rotatable bonds is 5. The maximum atomic E-state index is 12.4. The first-order valence-electron chi connectivity index (χ1n) is 6.11. The molecule has 20 heavy (non-hydrogen) atoms. The van der Waals surface area contributed by atoms with Crippen molar-refractivity contribution in [3.63, 3.8) is 0 Å². The number of carbonyl (C=O) groups excluding carboxylic acids is 1. The molecule has 1 atom stereocenters. The molecule has 7 heteroatoms. The molecule has 1 unspecified atom stereocenters. The second-order valence-corrected chi connectivity index (χ2v) is 5.30. The van der Waals surface area contributed by atoms with E-state index in [1.807, 2.05) is 6.92 Å². The fraction of sp³-hybridized carbons (Fsp3) is 0.385. The fourth-order valence-electron chi connectivity index (χ4n) is 1.74. The number of amidine groups is 1. The molecule has 1 amide bonds. The molecule has 0 aliphatic heterocycles. The third-order valence-electron chi connectivity index (χ3n) is 2.89. The van der Waals surface area contributed by atoms with Crippen molar-refractivity contribution in [2.45, 2.75) is 13.8 Å². The summed E-state index contributed by atoms with van der Waals surface area (Å²) in [4.78, 5) is 14.0. The quantitative estimate of drug-likeness (QED) is 0.379. The number of nitrogens with two attached hydrogens (primary N) is 1. The average molecular weight is 318 g/mol. The molecule has 3 N–H and O–H groups in total. The van der Waals surface area contributed by atoms with E-state index in [1.165, 1.54) is 0 Å². The monoisotopic (exact) mass is 317 g/mol. The van der Waals surface area contributed by atoms with Gasteiger partial charge in [-0.1, -0.05) is 35.3 Å². The molecule has 110 valence electrons. The number of amides is 1.